The molecule has 12 heavy (non-hydrogen) atoms. The molecule has 0 aliphatic heterocycles. The van der Waals surface area contributed by atoms with Gasteiger partial charge in [0.1, 0.15) is 0 Å². The first kappa shape index (κ1) is 10.0. The van der Waals surface area contributed by atoms with Gasteiger partial charge in [-0.3, -0.25) is 0 Å². The van der Waals surface area contributed by atoms with Crippen molar-refractivity contribution in [2.45, 2.75) is 51.2 Å². The van der Waals surface area contributed by atoms with Crippen LogP contribution in [0.2, 0.25) is 0 Å². The molecule has 1 saturated carbocycles. The zero-order chi connectivity index (χ0) is 8.81. The Labute approximate surface area is 75.7 Å². The van der Waals surface area contributed by atoms with Crippen LogP contribution in [0.25, 0.3) is 0 Å². The molecule has 0 aromatic rings. The van der Waals surface area contributed by atoms with E-state index in [1.54, 1.807) is 0 Å². The van der Waals surface area contributed by atoms with Crippen LogP contribution in [-0.2, 0) is 4.74 Å². The Hall–Kier alpha value is -0.0800. The van der Waals surface area contributed by atoms with Gasteiger partial charge in [0.15, 0.2) is 0 Å². The van der Waals surface area contributed by atoms with Gasteiger partial charge in [0.05, 0.1) is 6.10 Å². The third-order valence-electron chi connectivity index (χ3n) is 2.68. The number of nitrogens with one attached hydrogen (secondary N) is 1. The van der Waals surface area contributed by atoms with Gasteiger partial charge in [-0.1, -0.05) is 13.3 Å². The van der Waals surface area contributed by atoms with Crippen molar-refractivity contribution in [1.29, 1.82) is 0 Å². The minimum absolute atomic E-state index is 0.518. The van der Waals surface area contributed by atoms with Crippen molar-refractivity contribution >= 4 is 0 Å². The minimum Gasteiger partial charge on any atom is -0.381 e. The highest BCUT2D eigenvalue weighted by Gasteiger charge is 2.23. The van der Waals surface area contributed by atoms with E-state index >= 15 is 0 Å². The van der Waals surface area contributed by atoms with E-state index < -0.39 is 0 Å². The molecule has 0 saturated heterocycles. The predicted octanol–water partition coefficient (Wildman–Crippen LogP) is 1.94. The summed E-state index contributed by atoms with van der Waals surface area (Å²) in [5, 5.41) is 3.57. The molecule has 0 bridgehead atoms. The molecule has 1 N–H and O–H groups in total. The molecular weight excluding hydrogens is 150 g/mol. The third kappa shape index (κ3) is 3.11. The van der Waals surface area contributed by atoms with Crippen molar-refractivity contribution in [3.05, 3.63) is 0 Å². The van der Waals surface area contributed by atoms with E-state index in [0.29, 0.717) is 6.10 Å². The topological polar surface area (TPSA) is 21.3 Å². The standard InChI is InChI=1S/C10H21NO/c1-3-4-7-11-9-5-6-10(8-9)12-2/h9-11H,3-8H2,1-2H3. The summed E-state index contributed by atoms with van der Waals surface area (Å²) >= 11 is 0. The molecule has 1 rings (SSSR count). The first-order valence-electron chi connectivity index (χ1n) is 5.13. The Morgan fingerprint density at radius 2 is 2.25 bits per heavy atom. The van der Waals surface area contributed by atoms with Gasteiger partial charge in [-0.05, 0) is 32.2 Å². The Morgan fingerprint density at radius 1 is 1.42 bits per heavy atom. The first-order chi connectivity index (χ1) is 5.86. The van der Waals surface area contributed by atoms with Crippen LogP contribution in [0.1, 0.15) is 39.0 Å². The highest BCUT2D eigenvalue weighted by Crippen LogP contribution is 2.21. The van der Waals surface area contributed by atoms with Crippen LogP contribution < -0.4 is 5.32 Å². The fourth-order valence-electron chi connectivity index (χ4n) is 1.82. The van der Waals surface area contributed by atoms with Crippen molar-refractivity contribution in [2.75, 3.05) is 13.7 Å². The van der Waals surface area contributed by atoms with E-state index in [2.05, 4.69) is 12.2 Å². The summed E-state index contributed by atoms with van der Waals surface area (Å²) in [4.78, 5) is 0. The summed E-state index contributed by atoms with van der Waals surface area (Å²) in [6.45, 7) is 3.41. The molecule has 1 aliphatic rings. The maximum atomic E-state index is 5.31. The zero-order valence-corrected chi connectivity index (χ0v) is 8.31. The minimum atomic E-state index is 0.518. The lowest BCUT2D eigenvalue weighted by Gasteiger charge is -2.11. The van der Waals surface area contributed by atoms with Crippen molar-refractivity contribution in [3.8, 4) is 0 Å². The Bertz CT molecular complexity index is 116. The summed E-state index contributed by atoms with van der Waals surface area (Å²) in [5.41, 5.74) is 0. The van der Waals surface area contributed by atoms with Crippen LogP contribution >= 0.6 is 0 Å². The second-order valence-corrected chi connectivity index (χ2v) is 3.68. The van der Waals surface area contributed by atoms with E-state index in [-0.39, 0.29) is 0 Å². The molecule has 1 aliphatic carbocycles. The Kier molecular flexibility index (Phi) is 4.62. The van der Waals surface area contributed by atoms with Crippen LogP contribution in [0.4, 0.5) is 0 Å². The SMILES string of the molecule is CCCCNC1CCC(OC)C1. The van der Waals surface area contributed by atoms with Crippen LogP contribution in [0.5, 0.6) is 0 Å². The number of hydrogen-bond acceptors (Lipinski definition) is 2. The molecule has 72 valence electrons. The second kappa shape index (κ2) is 5.55. The van der Waals surface area contributed by atoms with Crippen molar-refractivity contribution in [2.24, 2.45) is 0 Å². The molecule has 2 heteroatoms. The molecule has 0 spiro atoms. The highest BCUT2D eigenvalue weighted by atomic mass is 16.5. The van der Waals surface area contributed by atoms with E-state index in [1.807, 2.05) is 7.11 Å². The van der Waals surface area contributed by atoms with Crippen LogP contribution in [0, 0.1) is 0 Å². The van der Waals surface area contributed by atoms with E-state index in [1.165, 1.54) is 38.6 Å². The molecule has 0 aromatic carbocycles. The first-order valence-corrected chi connectivity index (χ1v) is 5.13. The molecule has 0 aromatic heterocycles. The fraction of sp³-hybridized carbons (Fsp3) is 1.00. The number of unbranched alkanes of at least 4 members (excludes halogenated alkanes) is 1. The summed E-state index contributed by atoms with van der Waals surface area (Å²) in [6.07, 6.45) is 6.84. The Morgan fingerprint density at radius 3 is 2.83 bits per heavy atom. The predicted molar refractivity (Wildman–Crippen MR) is 51.3 cm³/mol. The molecule has 1 fully saturated rings. The quantitative estimate of drug-likeness (QED) is 0.638. The van der Waals surface area contributed by atoms with Gasteiger partial charge in [-0.25, -0.2) is 0 Å². The van der Waals surface area contributed by atoms with Crippen LogP contribution in [0.15, 0.2) is 0 Å². The number of hydrogen-bond donors (Lipinski definition) is 1. The van der Waals surface area contributed by atoms with Crippen LogP contribution in [-0.4, -0.2) is 25.8 Å². The van der Waals surface area contributed by atoms with Gasteiger partial charge in [0, 0.05) is 13.2 Å². The van der Waals surface area contributed by atoms with E-state index in [9.17, 15) is 0 Å². The summed E-state index contributed by atoms with van der Waals surface area (Å²) in [6, 6.07) is 0.724. The van der Waals surface area contributed by atoms with Gasteiger partial charge in [0.25, 0.3) is 0 Å². The summed E-state index contributed by atoms with van der Waals surface area (Å²) < 4.78 is 5.31. The van der Waals surface area contributed by atoms with Crippen LogP contribution in [0.3, 0.4) is 0 Å². The Balaban J connectivity index is 2.03. The van der Waals surface area contributed by atoms with Gasteiger partial charge < -0.3 is 10.1 Å². The average Bonchev–Trinajstić information content (AvgIpc) is 2.53. The van der Waals surface area contributed by atoms with E-state index in [4.69, 9.17) is 4.74 Å². The lowest BCUT2D eigenvalue weighted by atomic mass is 10.2. The lowest BCUT2D eigenvalue weighted by molar-refractivity contribution is 0.107. The molecule has 2 nitrogen and oxygen atoms in total. The average molecular weight is 171 g/mol. The molecule has 0 heterocycles. The summed E-state index contributed by atoms with van der Waals surface area (Å²) in [7, 11) is 1.82. The van der Waals surface area contributed by atoms with Gasteiger partial charge >= 0.3 is 0 Å². The van der Waals surface area contributed by atoms with Gasteiger partial charge in [-0.2, -0.15) is 0 Å². The monoisotopic (exact) mass is 171 g/mol. The van der Waals surface area contributed by atoms with Crippen molar-refractivity contribution in [1.82, 2.24) is 5.32 Å². The maximum absolute atomic E-state index is 5.31. The maximum Gasteiger partial charge on any atom is 0.0586 e. The molecule has 0 radical (unpaired) electrons. The summed E-state index contributed by atoms with van der Waals surface area (Å²) in [5.74, 6) is 0. The molecule has 0 amide bonds. The largest absolute Gasteiger partial charge is 0.381 e. The van der Waals surface area contributed by atoms with Gasteiger partial charge in [-0.15, -0.1) is 0 Å². The van der Waals surface area contributed by atoms with E-state index in [0.717, 1.165) is 6.04 Å². The molecular formula is C10H21NO. The normalized spacial score (nSPS) is 29.5. The van der Waals surface area contributed by atoms with Crippen molar-refractivity contribution in [3.63, 3.8) is 0 Å². The van der Waals surface area contributed by atoms with Crippen molar-refractivity contribution < 1.29 is 4.74 Å². The smallest absolute Gasteiger partial charge is 0.0586 e. The molecule has 2 unspecified atom stereocenters. The highest BCUT2D eigenvalue weighted by molar-refractivity contribution is 4.80. The number of rotatable bonds is 5. The number of ether oxygens (including phenoxy) is 1. The third-order valence-corrected chi connectivity index (χ3v) is 2.68. The molecule has 2 atom stereocenters. The second-order valence-electron chi connectivity index (χ2n) is 3.68. The number of methoxy groups -OCH3 is 1. The zero-order valence-electron chi connectivity index (χ0n) is 8.31. The van der Waals surface area contributed by atoms with Gasteiger partial charge in [0.2, 0.25) is 0 Å². The fourth-order valence-corrected chi connectivity index (χ4v) is 1.82. The lowest BCUT2D eigenvalue weighted by Crippen LogP contribution is -2.27.